The van der Waals surface area contributed by atoms with Crippen LogP contribution in [0.1, 0.15) is 16.8 Å². The highest BCUT2D eigenvalue weighted by Gasteiger charge is 1.95. The molecule has 0 saturated heterocycles. The molecule has 2 aromatic rings. The number of aromatic amines is 1. The highest BCUT2D eigenvalue weighted by molar-refractivity contribution is 5.80. The van der Waals surface area contributed by atoms with Crippen LogP contribution in [0, 0.1) is 18.3 Å². The van der Waals surface area contributed by atoms with Gasteiger partial charge in [-0.2, -0.15) is 10.4 Å². The number of hydrazone groups is 1. The molecule has 0 radical (unpaired) electrons. The standard InChI is InChI=1S/C13H11N5O/c1-9-6-12(19)17-13(16-9)18-15-8-11-4-2-10(7-14)3-5-11/h2-6,8H,1H3,(H2,16,17,18,19). The molecule has 0 fully saturated rings. The molecule has 1 heterocycles. The van der Waals surface area contributed by atoms with E-state index >= 15 is 0 Å². The maximum Gasteiger partial charge on any atom is 0.252 e. The van der Waals surface area contributed by atoms with Gasteiger partial charge in [0.25, 0.3) is 5.56 Å². The second kappa shape index (κ2) is 5.60. The fraction of sp³-hybridized carbons (Fsp3) is 0.0769. The minimum atomic E-state index is -0.233. The summed E-state index contributed by atoms with van der Waals surface area (Å²) in [5.41, 5.74) is 4.45. The topological polar surface area (TPSA) is 93.9 Å². The van der Waals surface area contributed by atoms with Crippen LogP contribution in [-0.4, -0.2) is 16.2 Å². The summed E-state index contributed by atoms with van der Waals surface area (Å²) < 4.78 is 0. The average molecular weight is 253 g/mol. The number of hydrogen-bond donors (Lipinski definition) is 2. The lowest BCUT2D eigenvalue weighted by molar-refractivity contribution is 1.04. The van der Waals surface area contributed by atoms with Crippen LogP contribution in [0.15, 0.2) is 40.2 Å². The van der Waals surface area contributed by atoms with Crippen molar-refractivity contribution < 1.29 is 0 Å². The van der Waals surface area contributed by atoms with Gasteiger partial charge in [0, 0.05) is 11.8 Å². The lowest BCUT2D eigenvalue weighted by Crippen LogP contribution is -2.10. The molecule has 19 heavy (non-hydrogen) atoms. The Hall–Kier alpha value is -2.94. The van der Waals surface area contributed by atoms with Crippen molar-refractivity contribution in [2.24, 2.45) is 5.10 Å². The van der Waals surface area contributed by atoms with E-state index in [2.05, 4.69) is 20.5 Å². The van der Waals surface area contributed by atoms with Crippen molar-refractivity contribution in [3.63, 3.8) is 0 Å². The Balaban J connectivity index is 2.07. The van der Waals surface area contributed by atoms with E-state index in [1.54, 1.807) is 37.4 Å². The van der Waals surface area contributed by atoms with E-state index < -0.39 is 0 Å². The van der Waals surface area contributed by atoms with E-state index in [1.807, 2.05) is 6.07 Å². The Labute approximate surface area is 109 Å². The van der Waals surface area contributed by atoms with Gasteiger partial charge in [0.1, 0.15) is 0 Å². The number of nitrogens with one attached hydrogen (secondary N) is 2. The van der Waals surface area contributed by atoms with Gasteiger partial charge in [-0.3, -0.25) is 9.78 Å². The van der Waals surface area contributed by atoms with Crippen molar-refractivity contribution in [1.82, 2.24) is 9.97 Å². The normalized spacial score (nSPS) is 10.3. The molecule has 0 aliphatic carbocycles. The molecule has 1 aromatic carbocycles. The van der Waals surface area contributed by atoms with Gasteiger partial charge in [0.05, 0.1) is 17.8 Å². The molecule has 0 spiro atoms. The van der Waals surface area contributed by atoms with Gasteiger partial charge in [0.15, 0.2) is 0 Å². The number of aromatic nitrogens is 2. The summed E-state index contributed by atoms with van der Waals surface area (Å²) in [4.78, 5) is 17.8. The van der Waals surface area contributed by atoms with Gasteiger partial charge < -0.3 is 0 Å². The zero-order valence-corrected chi connectivity index (χ0v) is 10.2. The monoisotopic (exact) mass is 253 g/mol. The van der Waals surface area contributed by atoms with Gasteiger partial charge in [0.2, 0.25) is 5.95 Å². The number of nitrogens with zero attached hydrogens (tertiary/aromatic N) is 3. The molecule has 0 saturated carbocycles. The SMILES string of the molecule is Cc1cc(=O)[nH]c(NN=Cc2ccc(C#N)cc2)n1. The van der Waals surface area contributed by atoms with Crippen molar-refractivity contribution >= 4 is 12.2 Å². The number of H-pyrrole nitrogens is 1. The Morgan fingerprint density at radius 2 is 2.16 bits per heavy atom. The Morgan fingerprint density at radius 3 is 2.79 bits per heavy atom. The number of rotatable bonds is 3. The molecule has 0 aliphatic heterocycles. The van der Waals surface area contributed by atoms with Crippen LogP contribution in [0.4, 0.5) is 5.95 Å². The van der Waals surface area contributed by atoms with E-state index in [4.69, 9.17) is 5.26 Å². The zero-order chi connectivity index (χ0) is 13.7. The van der Waals surface area contributed by atoms with E-state index in [-0.39, 0.29) is 11.5 Å². The van der Waals surface area contributed by atoms with Crippen molar-refractivity contribution in [1.29, 1.82) is 5.26 Å². The molecule has 0 amide bonds. The van der Waals surface area contributed by atoms with Crippen LogP contribution < -0.4 is 11.0 Å². The third-order valence-electron chi connectivity index (χ3n) is 2.29. The van der Waals surface area contributed by atoms with Crippen LogP contribution in [0.2, 0.25) is 0 Å². The summed E-state index contributed by atoms with van der Waals surface area (Å²) in [6.07, 6.45) is 1.57. The van der Waals surface area contributed by atoms with Gasteiger partial charge in [-0.25, -0.2) is 10.4 Å². The summed E-state index contributed by atoms with van der Waals surface area (Å²) in [7, 11) is 0. The number of aryl methyl sites for hydroxylation is 1. The molecule has 0 aliphatic rings. The van der Waals surface area contributed by atoms with Crippen LogP contribution in [0.3, 0.4) is 0 Å². The van der Waals surface area contributed by atoms with Crippen LogP contribution in [0.5, 0.6) is 0 Å². The summed E-state index contributed by atoms with van der Waals surface area (Å²) in [5, 5.41) is 12.6. The fourth-order valence-corrected chi connectivity index (χ4v) is 1.44. The average Bonchev–Trinajstić information content (AvgIpc) is 2.38. The summed E-state index contributed by atoms with van der Waals surface area (Å²) >= 11 is 0. The van der Waals surface area contributed by atoms with Crippen LogP contribution in [0.25, 0.3) is 0 Å². The molecule has 94 valence electrons. The quantitative estimate of drug-likeness (QED) is 0.638. The van der Waals surface area contributed by atoms with E-state index in [1.165, 1.54) is 6.07 Å². The maximum absolute atomic E-state index is 11.2. The summed E-state index contributed by atoms with van der Waals surface area (Å²) in [6.45, 7) is 1.73. The predicted molar refractivity (Wildman–Crippen MR) is 72.0 cm³/mol. The first-order valence-corrected chi connectivity index (χ1v) is 5.54. The summed E-state index contributed by atoms with van der Waals surface area (Å²) in [5.74, 6) is 0.287. The van der Waals surface area contributed by atoms with Gasteiger partial charge in [-0.1, -0.05) is 12.1 Å². The summed E-state index contributed by atoms with van der Waals surface area (Å²) in [6, 6.07) is 10.4. The third-order valence-corrected chi connectivity index (χ3v) is 2.29. The van der Waals surface area contributed by atoms with Crippen molar-refractivity contribution in [2.45, 2.75) is 6.92 Å². The van der Waals surface area contributed by atoms with E-state index in [0.29, 0.717) is 11.3 Å². The first-order valence-electron chi connectivity index (χ1n) is 5.54. The Bertz CT molecular complexity index is 694. The second-order valence-electron chi connectivity index (χ2n) is 3.84. The van der Waals surface area contributed by atoms with Gasteiger partial charge >= 0.3 is 0 Å². The van der Waals surface area contributed by atoms with Crippen molar-refractivity contribution in [2.75, 3.05) is 5.43 Å². The molecule has 1 aromatic heterocycles. The molecule has 2 N–H and O–H groups in total. The van der Waals surface area contributed by atoms with Crippen molar-refractivity contribution in [3.8, 4) is 6.07 Å². The van der Waals surface area contributed by atoms with E-state index in [9.17, 15) is 4.79 Å². The molecule has 6 heteroatoms. The molecular formula is C13H11N5O. The number of benzene rings is 1. The number of hydrogen-bond acceptors (Lipinski definition) is 5. The lowest BCUT2D eigenvalue weighted by atomic mass is 10.2. The fourth-order valence-electron chi connectivity index (χ4n) is 1.44. The molecular weight excluding hydrogens is 242 g/mol. The smallest absolute Gasteiger partial charge is 0.252 e. The minimum absolute atomic E-state index is 0.233. The molecule has 6 nitrogen and oxygen atoms in total. The predicted octanol–water partition coefficient (Wildman–Crippen LogP) is 1.40. The highest BCUT2D eigenvalue weighted by Crippen LogP contribution is 2.01. The van der Waals surface area contributed by atoms with Gasteiger partial charge in [-0.15, -0.1) is 0 Å². The molecule has 2 rings (SSSR count). The highest BCUT2D eigenvalue weighted by atomic mass is 16.1. The molecule has 0 bridgehead atoms. The zero-order valence-electron chi connectivity index (χ0n) is 10.2. The maximum atomic E-state index is 11.2. The lowest BCUT2D eigenvalue weighted by Gasteiger charge is -1.99. The third kappa shape index (κ3) is 3.51. The Kier molecular flexibility index (Phi) is 3.69. The molecule has 0 atom stereocenters. The largest absolute Gasteiger partial charge is 0.291 e. The Morgan fingerprint density at radius 1 is 1.42 bits per heavy atom. The van der Waals surface area contributed by atoms with Crippen molar-refractivity contribution in [3.05, 3.63) is 57.5 Å². The number of nitriles is 1. The first kappa shape index (κ1) is 12.5. The number of anilines is 1. The van der Waals surface area contributed by atoms with E-state index in [0.717, 1.165) is 5.56 Å². The van der Waals surface area contributed by atoms with Crippen LogP contribution in [-0.2, 0) is 0 Å². The first-order chi connectivity index (χ1) is 9.17. The molecule has 0 unspecified atom stereocenters. The second-order valence-corrected chi connectivity index (χ2v) is 3.84. The van der Waals surface area contributed by atoms with Crippen LogP contribution >= 0.6 is 0 Å². The minimum Gasteiger partial charge on any atom is -0.291 e. The van der Waals surface area contributed by atoms with Gasteiger partial charge in [-0.05, 0) is 24.6 Å².